The van der Waals surface area contributed by atoms with E-state index in [-0.39, 0.29) is 11.8 Å². The van der Waals surface area contributed by atoms with E-state index < -0.39 is 6.04 Å². The van der Waals surface area contributed by atoms with Crippen LogP contribution in [-0.2, 0) is 17.8 Å². The van der Waals surface area contributed by atoms with Gasteiger partial charge in [0.1, 0.15) is 11.9 Å². The monoisotopic (exact) mass is 363 g/mol. The minimum Gasteiger partial charge on any atom is -0.354 e. The molecular formula is C20H21N5O2. The van der Waals surface area contributed by atoms with Gasteiger partial charge in [0.15, 0.2) is 5.65 Å². The van der Waals surface area contributed by atoms with Crippen LogP contribution in [0.2, 0.25) is 0 Å². The van der Waals surface area contributed by atoms with Crippen LogP contribution < -0.4 is 5.32 Å². The molecular weight excluding hydrogens is 342 g/mol. The molecule has 3 aromatic rings. The highest BCUT2D eigenvalue weighted by Crippen LogP contribution is 2.24. The van der Waals surface area contributed by atoms with Gasteiger partial charge in [0, 0.05) is 31.3 Å². The van der Waals surface area contributed by atoms with Gasteiger partial charge in [-0.2, -0.15) is 0 Å². The highest BCUT2D eigenvalue weighted by molar-refractivity contribution is 6.00. The van der Waals surface area contributed by atoms with Gasteiger partial charge in [-0.1, -0.05) is 24.3 Å². The highest BCUT2D eigenvalue weighted by atomic mass is 16.2. The molecule has 1 N–H and O–H groups in total. The van der Waals surface area contributed by atoms with Crippen molar-refractivity contribution in [1.29, 1.82) is 0 Å². The van der Waals surface area contributed by atoms with Crippen molar-refractivity contribution in [2.45, 2.75) is 32.4 Å². The van der Waals surface area contributed by atoms with Crippen molar-refractivity contribution in [1.82, 2.24) is 24.8 Å². The number of nitrogens with zero attached hydrogens (tertiary/aromatic N) is 4. The second kappa shape index (κ2) is 7.19. The maximum atomic E-state index is 12.5. The van der Waals surface area contributed by atoms with E-state index in [0.29, 0.717) is 25.1 Å². The van der Waals surface area contributed by atoms with E-state index >= 15 is 0 Å². The number of carbonyl (C=O) groups is 2. The fraction of sp³-hybridized carbons (Fsp3) is 0.300. The number of fused-ring (bicyclic) bond motifs is 2. The molecule has 3 heterocycles. The first-order valence-corrected chi connectivity index (χ1v) is 9.10. The van der Waals surface area contributed by atoms with Crippen LogP contribution in [0.1, 0.15) is 35.1 Å². The smallest absolute Gasteiger partial charge is 0.255 e. The zero-order valence-electron chi connectivity index (χ0n) is 15.1. The summed E-state index contributed by atoms with van der Waals surface area (Å²) in [6.45, 7) is 2.78. The first-order valence-electron chi connectivity index (χ1n) is 9.10. The summed E-state index contributed by atoms with van der Waals surface area (Å²) in [4.78, 5) is 26.6. The third kappa shape index (κ3) is 3.28. The van der Waals surface area contributed by atoms with Crippen LogP contribution in [0.15, 0.2) is 48.7 Å². The summed E-state index contributed by atoms with van der Waals surface area (Å²) in [7, 11) is 0. The van der Waals surface area contributed by atoms with Gasteiger partial charge in [-0.3, -0.25) is 14.0 Å². The lowest BCUT2D eigenvalue weighted by atomic mass is 10.1. The zero-order chi connectivity index (χ0) is 18.8. The number of rotatable bonds is 6. The molecule has 7 nitrogen and oxygen atoms in total. The number of pyridine rings is 1. The number of nitrogens with one attached hydrogen (secondary N) is 1. The van der Waals surface area contributed by atoms with Gasteiger partial charge in [-0.25, -0.2) is 0 Å². The Kier molecular flexibility index (Phi) is 4.58. The average Bonchev–Trinajstić information content (AvgIpc) is 3.26. The second-order valence-corrected chi connectivity index (χ2v) is 6.71. The van der Waals surface area contributed by atoms with Crippen molar-refractivity contribution >= 4 is 17.5 Å². The van der Waals surface area contributed by atoms with Crippen molar-refractivity contribution in [2.24, 2.45) is 0 Å². The molecule has 4 rings (SSSR count). The lowest BCUT2D eigenvalue weighted by Gasteiger charge is -2.23. The summed E-state index contributed by atoms with van der Waals surface area (Å²) in [6, 6.07) is 12.8. The van der Waals surface area contributed by atoms with E-state index in [9.17, 15) is 9.59 Å². The Balaban J connectivity index is 1.29. The summed E-state index contributed by atoms with van der Waals surface area (Å²) in [5.74, 6) is 0.656. The number of benzene rings is 1. The number of carbonyl (C=O) groups excluding carboxylic acids is 2. The molecule has 7 heteroatoms. The van der Waals surface area contributed by atoms with E-state index in [4.69, 9.17) is 0 Å². The molecule has 27 heavy (non-hydrogen) atoms. The van der Waals surface area contributed by atoms with Crippen LogP contribution in [-0.4, -0.2) is 43.9 Å². The normalized spacial score (nSPS) is 14.4. The van der Waals surface area contributed by atoms with E-state index in [1.807, 2.05) is 53.1 Å². The lowest BCUT2D eigenvalue weighted by molar-refractivity contribution is -0.125. The average molecular weight is 363 g/mol. The summed E-state index contributed by atoms with van der Waals surface area (Å²) < 4.78 is 1.95. The van der Waals surface area contributed by atoms with E-state index in [0.717, 1.165) is 23.5 Å². The topological polar surface area (TPSA) is 79.6 Å². The van der Waals surface area contributed by atoms with Gasteiger partial charge in [0.2, 0.25) is 5.91 Å². The molecule has 1 aliphatic rings. The molecule has 1 aliphatic heterocycles. The third-order valence-corrected chi connectivity index (χ3v) is 4.96. The standard InChI is InChI=1S/C20H21N5O2/c1-14(25-13-15-7-2-3-8-16(15)20(25)27)19(26)21-11-6-10-18-23-22-17-9-4-5-12-24(17)18/h2-5,7-9,12,14H,6,10-11,13H2,1H3,(H,21,26). The molecule has 138 valence electrons. The molecule has 2 amide bonds. The van der Waals surface area contributed by atoms with Gasteiger partial charge in [-0.15, -0.1) is 10.2 Å². The SMILES string of the molecule is CC(C(=O)NCCCc1nnc2ccccn12)N1Cc2ccccc2C1=O. The fourth-order valence-corrected chi connectivity index (χ4v) is 3.40. The summed E-state index contributed by atoms with van der Waals surface area (Å²) in [5.41, 5.74) is 2.48. The van der Waals surface area contributed by atoms with Crippen molar-refractivity contribution < 1.29 is 9.59 Å². The first kappa shape index (κ1) is 17.2. The van der Waals surface area contributed by atoms with E-state index in [1.54, 1.807) is 11.8 Å². The van der Waals surface area contributed by atoms with Crippen LogP contribution >= 0.6 is 0 Å². The second-order valence-electron chi connectivity index (χ2n) is 6.71. The molecule has 0 spiro atoms. The first-order chi connectivity index (χ1) is 13.1. The summed E-state index contributed by atoms with van der Waals surface area (Å²) in [6.07, 6.45) is 3.40. The third-order valence-electron chi connectivity index (χ3n) is 4.96. The van der Waals surface area contributed by atoms with Crippen LogP contribution in [0.3, 0.4) is 0 Å². The molecule has 0 saturated heterocycles. The van der Waals surface area contributed by atoms with Gasteiger partial charge in [-0.05, 0) is 37.1 Å². The Morgan fingerprint density at radius 3 is 2.85 bits per heavy atom. The maximum Gasteiger partial charge on any atom is 0.255 e. The molecule has 0 fully saturated rings. The Morgan fingerprint density at radius 1 is 1.19 bits per heavy atom. The van der Waals surface area contributed by atoms with Gasteiger partial charge < -0.3 is 10.2 Å². The summed E-state index contributed by atoms with van der Waals surface area (Å²) in [5, 5.41) is 11.2. The minimum absolute atomic E-state index is 0.0804. The number of aromatic nitrogens is 3. The van der Waals surface area contributed by atoms with Crippen LogP contribution in [0.4, 0.5) is 0 Å². The largest absolute Gasteiger partial charge is 0.354 e. The quantitative estimate of drug-likeness (QED) is 0.678. The Labute approximate surface area is 157 Å². The molecule has 0 aliphatic carbocycles. The zero-order valence-corrected chi connectivity index (χ0v) is 15.1. The molecule has 1 unspecified atom stereocenters. The molecule has 1 aromatic carbocycles. The van der Waals surface area contributed by atoms with Crippen molar-refractivity contribution in [3.63, 3.8) is 0 Å². The van der Waals surface area contributed by atoms with Gasteiger partial charge >= 0.3 is 0 Å². The van der Waals surface area contributed by atoms with E-state index in [1.165, 1.54) is 0 Å². The minimum atomic E-state index is -0.501. The molecule has 1 atom stereocenters. The van der Waals surface area contributed by atoms with Crippen LogP contribution in [0.25, 0.3) is 5.65 Å². The Morgan fingerprint density at radius 2 is 2.00 bits per heavy atom. The van der Waals surface area contributed by atoms with Gasteiger partial charge in [0.05, 0.1) is 0 Å². The van der Waals surface area contributed by atoms with Crippen LogP contribution in [0.5, 0.6) is 0 Å². The number of aryl methyl sites for hydroxylation is 1. The molecule has 0 radical (unpaired) electrons. The number of hydrogen-bond donors (Lipinski definition) is 1. The maximum absolute atomic E-state index is 12.5. The predicted octanol–water partition coefficient (Wildman–Crippen LogP) is 1.82. The highest BCUT2D eigenvalue weighted by Gasteiger charge is 2.33. The number of amides is 2. The number of hydrogen-bond acceptors (Lipinski definition) is 4. The van der Waals surface area contributed by atoms with Crippen molar-refractivity contribution in [2.75, 3.05) is 6.54 Å². The molecule has 0 saturated carbocycles. The van der Waals surface area contributed by atoms with Gasteiger partial charge in [0.25, 0.3) is 5.91 Å². The predicted molar refractivity (Wildman–Crippen MR) is 100 cm³/mol. The lowest BCUT2D eigenvalue weighted by Crippen LogP contribution is -2.45. The Hall–Kier alpha value is -3.22. The van der Waals surface area contributed by atoms with E-state index in [2.05, 4.69) is 15.5 Å². The fourth-order valence-electron chi connectivity index (χ4n) is 3.40. The van der Waals surface area contributed by atoms with Crippen molar-refractivity contribution in [3.8, 4) is 0 Å². The molecule has 0 bridgehead atoms. The van der Waals surface area contributed by atoms with Crippen molar-refractivity contribution in [3.05, 3.63) is 65.6 Å². The summed E-state index contributed by atoms with van der Waals surface area (Å²) >= 11 is 0. The van der Waals surface area contributed by atoms with Crippen LogP contribution in [0, 0.1) is 0 Å². The molecule has 2 aromatic heterocycles. The Bertz CT molecular complexity index is 997.